The fourth-order valence-electron chi connectivity index (χ4n) is 8.21. The lowest BCUT2D eigenvalue weighted by atomic mass is 9.74. The van der Waals surface area contributed by atoms with Crippen LogP contribution in [0.3, 0.4) is 0 Å². The van der Waals surface area contributed by atoms with Gasteiger partial charge in [-0.15, -0.1) is 13.2 Å². The Balaban J connectivity index is 1.52. The first kappa shape index (κ1) is 35.3. The van der Waals surface area contributed by atoms with E-state index in [0.717, 1.165) is 37.8 Å². The monoisotopic (exact) mass is 597 g/mol. The second kappa shape index (κ2) is 15.2. The summed E-state index contributed by atoms with van der Waals surface area (Å²) in [5, 5.41) is 14.6. The first-order chi connectivity index (χ1) is 20.1. The Hall–Kier alpha value is -2.19. The van der Waals surface area contributed by atoms with E-state index in [0.29, 0.717) is 30.9 Å². The van der Waals surface area contributed by atoms with Gasteiger partial charge in [0.1, 0.15) is 0 Å². The van der Waals surface area contributed by atoms with Crippen molar-refractivity contribution >= 4 is 17.8 Å². The van der Waals surface area contributed by atoms with Crippen LogP contribution < -0.4 is 26.2 Å². The van der Waals surface area contributed by atoms with E-state index in [1.54, 1.807) is 0 Å². The molecule has 4 N–H and O–H groups in total. The number of rotatable bonds is 17. The maximum atomic E-state index is 4.77. The van der Waals surface area contributed by atoms with Crippen molar-refractivity contribution in [3.63, 3.8) is 0 Å². The Labute approximate surface area is 263 Å². The highest BCUT2D eigenvalue weighted by atomic mass is 15.3. The van der Waals surface area contributed by atoms with Crippen LogP contribution in [-0.4, -0.2) is 63.3 Å². The van der Waals surface area contributed by atoms with Gasteiger partial charge in [0.15, 0.2) is 0 Å². The Morgan fingerprint density at radius 3 is 1.37 bits per heavy atom. The molecule has 3 heterocycles. The third-order valence-electron chi connectivity index (χ3n) is 8.80. The summed E-state index contributed by atoms with van der Waals surface area (Å²) in [5.74, 6) is 3.45. The highest BCUT2D eigenvalue weighted by Gasteiger charge is 2.38. The largest absolute Gasteiger partial charge is 0.354 e. The number of hydrogen-bond donors (Lipinski definition) is 4. The minimum Gasteiger partial charge on any atom is -0.354 e. The molecular formula is C35H64N8. The van der Waals surface area contributed by atoms with Crippen LogP contribution in [0.5, 0.6) is 0 Å². The van der Waals surface area contributed by atoms with E-state index < -0.39 is 0 Å². The molecule has 0 aliphatic carbocycles. The first-order valence-corrected chi connectivity index (χ1v) is 16.9. The van der Waals surface area contributed by atoms with Gasteiger partial charge in [-0.3, -0.25) is 0 Å². The van der Waals surface area contributed by atoms with Gasteiger partial charge in [0.25, 0.3) is 0 Å². The van der Waals surface area contributed by atoms with E-state index in [2.05, 4.69) is 94.7 Å². The summed E-state index contributed by atoms with van der Waals surface area (Å²) in [6.45, 7) is 29.6. The summed E-state index contributed by atoms with van der Waals surface area (Å²) in [4.78, 5) is 16.4. The van der Waals surface area contributed by atoms with Gasteiger partial charge in [0.05, 0.1) is 0 Å². The molecule has 0 bridgehead atoms. The molecule has 43 heavy (non-hydrogen) atoms. The van der Waals surface area contributed by atoms with Crippen molar-refractivity contribution in [1.29, 1.82) is 0 Å². The standard InChI is InChI=1S/C35H64N8/c1-11-21-43(22-12-2)31-39-29(36-19-15-13-17-27-23-32(3,4)41-33(5,6)24-27)38-30(40-31)37-20-16-14-18-28-25-34(7,8)42-35(9,10)26-28/h11-12,27-28,41-42H,1-2,13-26H2,3-10H3,(H2,36,37,38,39,40). The second-order valence-corrected chi connectivity index (χ2v) is 15.9. The smallest absolute Gasteiger partial charge is 0.232 e. The number of hydrogen-bond acceptors (Lipinski definition) is 8. The lowest BCUT2D eigenvalue weighted by Gasteiger charge is -2.46. The summed E-state index contributed by atoms with van der Waals surface area (Å²) < 4.78 is 0. The van der Waals surface area contributed by atoms with Crippen LogP contribution in [0.1, 0.15) is 120 Å². The second-order valence-electron chi connectivity index (χ2n) is 15.9. The number of nitrogens with zero attached hydrogens (tertiary/aromatic N) is 4. The van der Waals surface area contributed by atoms with Crippen LogP contribution in [0, 0.1) is 11.8 Å². The average molecular weight is 597 g/mol. The number of nitrogens with one attached hydrogen (secondary N) is 4. The predicted octanol–water partition coefficient (Wildman–Crippen LogP) is 7.33. The molecule has 2 saturated heterocycles. The van der Waals surface area contributed by atoms with Crippen LogP contribution in [0.4, 0.5) is 17.8 Å². The molecule has 8 heteroatoms. The Bertz CT molecular complexity index is 922. The number of anilines is 3. The summed E-state index contributed by atoms with van der Waals surface area (Å²) in [7, 11) is 0. The van der Waals surface area contributed by atoms with Crippen LogP contribution >= 0.6 is 0 Å². The third kappa shape index (κ3) is 12.4. The molecule has 244 valence electrons. The zero-order valence-corrected chi connectivity index (χ0v) is 28.9. The summed E-state index contributed by atoms with van der Waals surface area (Å²) >= 11 is 0. The lowest BCUT2D eigenvalue weighted by molar-refractivity contribution is 0.121. The normalized spacial score (nSPS) is 21.2. The SMILES string of the molecule is C=CCN(CC=C)c1nc(NCCCCC2CC(C)(C)NC(C)(C)C2)nc(NCCCCC2CC(C)(C)NC(C)(C)C2)n1. The Morgan fingerprint density at radius 1 is 0.651 bits per heavy atom. The molecule has 0 radical (unpaired) electrons. The summed E-state index contributed by atoms with van der Waals surface area (Å²) in [6, 6.07) is 0. The van der Waals surface area contributed by atoms with Crippen LogP contribution in [-0.2, 0) is 0 Å². The van der Waals surface area contributed by atoms with Gasteiger partial charge in [0, 0.05) is 48.3 Å². The molecule has 2 aliphatic heterocycles. The summed E-state index contributed by atoms with van der Waals surface area (Å²) in [5.41, 5.74) is 0.830. The van der Waals surface area contributed by atoms with Gasteiger partial charge in [-0.05, 0) is 106 Å². The lowest BCUT2D eigenvalue weighted by Crippen LogP contribution is -2.57. The topological polar surface area (TPSA) is 90.0 Å². The van der Waals surface area contributed by atoms with Crippen LogP contribution in [0.25, 0.3) is 0 Å². The molecular weight excluding hydrogens is 532 g/mol. The van der Waals surface area contributed by atoms with E-state index in [1.807, 2.05) is 12.2 Å². The van der Waals surface area contributed by atoms with Crippen molar-refractivity contribution < 1.29 is 0 Å². The third-order valence-corrected chi connectivity index (χ3v) is 8.80. The molecule has 0 atom stereocenters. The van der Waals surface area contributed by atoms with Crippen molar-refractivity contribution in [1.82, 2.24) is 25.6 Å². The molecule has 0 unspecified atom stereocenters. The van der Waals surface area contributed by atoms with Gasteiger partial charge < -0.3 is 26.2 Å². The average Bonchev–Trinajstić information content (AvgIpc) is 2.84. The van der Waals surface area contributed by atoms with E-state index >= 15 is 0 Å². The van der Waals surface area contributed by atoms with Crippen molar-refractivity contribution in [3.8, 4) is 0 Å². The van der Waals surface area contributed by atoms with E-state index in [-0.39, 0.29) is 22.2 Å². The first-order valence-electron chi connectivity index (χ1n) is 16.9. The summed E-state index contributed by atoms with van der Waals surface area (Å²) in [6.07, 6.45) is 15.9. The minimum absolute atomic E-state index is 0.208. The zero-order chi connectivity index (χ0) is 31.7. The Morgan fingerprint density at radius 2 is 1.02 bits per heavy atom. The zero-order valence-electron chi connectivity index (χ0n) is 28.9. The molecule has 0 amide bonds. The van der Waals surface area contributed by atoms with Gasteiger partial charge in [-0.25, -0.2) is 0 Å². The molecule has 1 aromatic heterocycles. The van der Waals surface area contributed by atoms with E-state index in [4.69, 9.17) is 15.0 Å². The van der Waals surface area contributed by atoms with Crippen LogP contribution in [0.15, 0.2) is 25.3 Å². The van der Waals surface area contributed by atoms with Gasteiger partial charge in [-0.1, -0.05) is 37.8 Å². The van der Waals surface area contributed by atoms with Gasteiger partial charge >= 0.3 is 0 Å². The molecule has 2 fully saturated rings. The maximum absolute atomic E-state index is 4.77. The minimum atomic E-state index is 0.208. The van der Waals surface area contributed by atoms with E-state index in [1.165, 1.54) is 51.4 Å². The van der Waals surface area contributed by atoms with E-state index in [9.17, 15) is 0 Å². The molecule has 8 nitrogen and oxygen atoms in total. The fourth-order valence-corrected chi connectivity index (χ4v) is 8.21. The molecule has 2 aliphatic rings. The molecule has 0 saturated carbocycles. The quantitative estimate of drug-likeness (QED) is 0.110. The van der Waals surface area contributed by atoms with Crippen LogP contribution in [0.2, 0.25) is 0 Å². The van der Waals surface area contributed by atoms with Gasteiger partial charge in [0.2, 0.25) is 17.8 Å². The van der Waals surface area contributed by atoms with Crippen molar-refractivity contribution in [3.05, 3.63) is 25.3 Å². The molecule has 1 aromatic rings. The van der Waals surface area contributed by atoms with Crippen molar-refractivity contribution in [2.75, 3.05) is 41.7 Å². The Kier molecular flexibility index (Phi) is 12.5. The number of aromatic nitrogens is 3. The maximum Gasteiger partial charge on any atom is 0.232 e. The highest BCUT2D eigenvalue weighted by molar-refractivity contribution is 5.44. The fraction of sp³-hybridized carbons (Fsp3) is 0.800. The number of piperidine rings is 2. The molecule has 0 aromatic carbocycles. The predicted molar refractivity (Wildman–Crippen MR) is 185 cm³/mol. The molecule has 0 spiro atoms. The highest BCUT2D eigenvalue weighted by Crippen LogP contribution is 2.36. The number of unbranched alkanes of at least 4 members (excludes halogenated alkanes) is 2. The van der Waals surface area contributed by atoms with Gasteiger partial charge in [-0.2, -0.15) is 15.0 Å². The van der Waals surface area contributed by atoms with Crippen molar-refractivity contribution in [2.24, 2.45) is 11.8 Å². The molecule has 3 rings (SSSR count). The van der Waals surface area contributed by atoms with Crippen molar-refractivity contribution in [2.45, 2.75) is 142 Å².